The van der Waals surface area contributed by atoms with E-state index in [9.17, 15) is 24.0 Å². The van der Waals surface area contributed by atoms with Gasteiger partial charge in [0, 0.05) is 6.42 Å². The molecule has 1 aromatic carbocycles. The first kappa shape index (κ1) is 34.4. The lowest BCUT2D eigenvalue weighted by molar-refractivity contribution is -0.148. The van der Waals surface area contributed by atoms with Crippen molar-refractivity contribution in [1.29, 1.82) is 0 Å². The van der Waals surface area contributed by atoms with Gasteiger partial charge < -0.3 is 35.3 Å². The Morgan fingerprint density at radius 2 is 1.35 bits per heavy atom. The van der Waals surface area contributed by atoms with Crippen molar-refractivity contribution in [3.05, 3.63) is 35.9 Å². The van der Waals surface area contributed by atoms with Gasteiger partial charge in [0.25, 0.3) is 0 Å². The standard InChI is InChI=1S/C28H43N3O9/c1-6-37-25(34)21(14-11-15-22(26(35)38-7-2)31-27(36)40-28(3,4)5)30-23(32)17-16-20(29)24(33)39-18-19-12-9-8-10-13-19/h8-10,12-13,20-22H,6-7,11,14-18,29H2,1-5H3,(H,30,32)(H,31,36)/t20-,21?,22?/m1/s1. The van der Waals surface area contributed by atoms with Crippen molar-refractivity contribution in [2.45, 2.75) is 97.1 Å². The topological polar surface area (TPSA) is 172 Å². The second kappa shape index (κ2) is 17.8. The lowest BCUT2D eigenvalue weighted by Crippen LogP contribution is -2.45. The van der Waals surface area contributed by atoms with E-state index in [1.165, 1.54) is 0 Å². The van der Waals surface area contributed by atoms with Crippen LogP contribution in [-0.2, 0) is 44.7 Å². The Balaban J connectivity index is 2.65. The molecule has 2 amide bonds. The summed E-state index contributed by atoms with van der Waals surface area (Å²) in [6.07, 6.45) is -0.375. The fourth-order valence-corrected chi connectivity index (χ4v) is 3.47. The van der Waals surface area contributed by atoms with Crippen LogP contribution in [0.25, 0.3) is 0 Å². The van der Waals surface area contributed by atoms with Crippen molar-refractivity contribution in [2.24, 2.45) is 5.73 Å². The summed E-state index contributed by atoms with van der Waals surface area (Å²) in [6, 6.07) is 6.09. The van der Waals surface area contributed by atoms with E-state index in [2.05, 4.69) is 10.6 Å². The van der Waals surface area contributed by atoms with Gasteiger partial charge in [-0.2, -0.15) is 0 Å². The molecule has 0 bridgehead atoms. The van der Waals surface area contributed by atoms with Crippen LogP contribution in [0.1, 0.15) is 72.3 Å². The van der Waals surface area contributed by atoms with Crippen LogP contribution in [0.15, 0.2) is 30.3 Å². The van der Waals surface area contributed by atoms with Crippen molar-refractivity contribution in [1.82, 2.24) is 10.6 Å². The van der Waals surface area contributed by atoms with Crippen LogP contribution >= 0.6 is 0 Å². The molecule has 0 spiro atoms. The average Bonchev–Trinajstić information content (AvgIpc) is 2.88. The van der Waals surface area contributed by atoms with Crippen molar-refractivity contribution >= 4 is 29.9 Å². The van der Waals surface area contributed by atoms with Gasteiger partial charge in [0.05, 0.1) is 13.2 Å². The first-order chi connectivity index (χ1) is 18.9. The molecule has 2 unspecified atom stereocenters. The molecule has 0 aromatic heterocycles. The third-order valence-electron chi connectivity index (χ3n) is 5.36. The Morgan fingerprint density at radius 1 is 0.800 bits per heavy atom. The highest BCUT2D eigenvalue weighted by molar-refractivity contribution is 5.85. The largest absolute Gasteiger partial charge is 0.464 e. The molecule has 12 nitrogen and oxygen atoms in total. The average molecular weight is 566 g/mol. The SMILES string of the molecule is CCOC(=O)C(CCCC(NC(=O)OC(C)(C)C)C(=O)OCC)NC(=O)CC[C@@H](N)C(=O)OCc1ccccc1. The van der Waals surface area contributed by atoms with E-state index in [4.69, 9.17) is 24.7 Å². The monoisotopic (exact) mass is 565 g/mol. The molecule has 0 aliphatic heterocycles. The summed E-state index contributed by atoms with van der Waals surface area (Å²) < 4.78 is 20.5. The molecule has 3 atom stereocenters. The summed E-state index contributed by atoms with van der Waals surface area (Å²) in [5.74, 6) is -2.42. The molecule has 0 radical (unpaired) electrons. The molecule has 0 fully saturated rings. The van der Waals surface area contributed by atoms with Crippen LogP contribution in [0.3, 0.4) is 0 Å². The minimum absolute atomic E-state index is 0.0136. The number of nitrogens with two attached hydrogens (primary N) is 1. The van der Waals surface area contributed by atoms with Crippen molar-refractivity contribution in [2.75, 3.05) is 13.2 Å². The first-order valence-corrected chi connectivity index (χ1v) is 13.4. The number of esters is 3. The van der Waals surface area contributed by atoms with Crippen LogP contribution in [0.2, 0.25) is 0 Å². The van der Waals surface area contributed by atoms with E-state index < -0.39 is 53.6 Å². The van der Waals surface area contributed by atoms with Gasteiger partial charge in [-0.05, 0) is 65.9 Å². The molecule has 1 aromatic rings. The molecule has 224 valence electrons. The molecule has 0 saturated carbocycles. The third kappa shape index (κ3) is 14.5. The Labute approximate surface area is 235 Å². The van der Waals surface area contributed by atoms with Crippen molar-refractivity contribution in [3.63, 3.8) is 0 Å². The first-order valence-electron chi connectivity index (χ1n) is 13.4. The number of hydrogen-bond donors (Lipinski definition) is 3. The van der Waals surface area contributed by atoms with E-state index in [0.29, 0.717) is 0 Å². The highest BCUT2D eigenvalue weighted by atomic mass is 16.6. The van der Waals surface area contributed by atoms with E-state index >= 15 is 0 Å². The molecule has 0 heterocycles. The van der Waals surface area contributed by atoms with E-state index in [0.717, 1.165) is 5.56 Å². The second-order valence-corrected chi connectivity index (χ2v) is 9.99. The minimum Gasteiger partial charge on any atom is -0.464 e. The van der Waals surface area contributed by atoms with Crippen molar-refractivity contribution in [3.8, 4) is 0 Å². The number of ether oxygens (including phenoxy) is 4. The van der Waals surface area contributed by atoms with Gasteiger partial charge in [-0.25, -0.2) is 14.4 Å². The van der Waals surface area contributed by atoms with Crippen LogP contribution in [0.5, 0.6) is 0 Å². The maximum absolute atomic E-state index is 12.6. The highest BCUT2D eigenvalue weighted by Crippen LogP contribution is 2.12. The van der Waals surface area contributed by atoms with Gasteiger partial charge in [0.2, 0.25) is 5.91 Å². The van der Waals surface area contributed by atoms with Gasteiger partial charge in [-0.3, -0.25) is 9.59 Å². The number of carbonyl (C=O) groups excluding carboxylic acids is 5. The number of alkyl carbamates (subject to hydrolysis) is 1. The van der Waals surface area contributed by atoms with E-state index in [1.54, 1.807) is 34.6 Å². The molecule has 0 aliphatic rings. The van der Waals surface area contributed by atoms with E-state index in [1.807, 2.05) is 30.3 Å². The normalized spacial score (nSPS) is 13.2. The maximum atomic E-state index is 12.6. The predicted molar refractivity (Wildman–Crippen MR) is 146 cm³/mol. The van der Waals surface area contributed by atoms with Gasteiger partial charge in [-0.1, -0.05) is 30.3 Å². The number of amides is 2. The molecule has 0 aliphatic carbocycles. The Hall–Kier alpha value is -3.67. The smallest absolute Gasteiger partial charge is 0.408 e. The zero-order valence-electron chi connectivity index (χ0n) is 24.0. The van der Waals surface area contributed by atoms with Crippen LogP contribution in [-0.4, -0.2) is 66.8 Å². The molecule has 0 saturated heterocycles. The van der Waals surface area contributed by atoms with Gasteiger partial charge in [0.15, 0.2) is 0 Å². The zero-order valence-corrected chi connectivity index (χ0v) is 24.0. The highest BCUT2D eigenvalue weighted by Gasteiger charge is 2.28. The molecule has 12 heteroatoms. The summed E-state index contributed by atoms with van der Waals surface area (Å²) in [5.41, 5.74) is 5.93. The summed E-state index contributed by atoms with van der Waals surface area (Å²) >= 11 is 0. The number of hydrogen-bond acceptors (Lipinski definition) is 10. The predicted octanol–water partition coefficient (Wildman–Crippen LogP) is 2.51. The number of carbonyl (C=O) groups is 5. The number of benzene rings is 1. The number of rotatable bonds is 16. The quantitative estimate of drug-likeness (QED) is 0.200. The summed E-state index contributed by atoms with van der Waals surface area (Å²) in [6.45, 7) is 8.66. The van der Waals surface area contributed by atoms with Crippen LogP contribution in [0.4, 0.5) is 4.79 Å². The second-order valence-electron chi connectivity index (χ2n) is 9.99. The van der Waals surface area contributed by atoms with Crippen LogP contribution < -0.4 is 16.4 Å². The van der Waals surface area contributed by atoms with Gasteiger partial charge >= 0.3 is 24.0 Å². The van der Waals surface area contributed by atoms with Gasteiger partial charge in [-0.15, -0.1) is 0 Å². The maximum Gasteiger partial charge on any atom is 0.408 e. The van der Waals surface area contributed by atoms with E-state index in [-0.39, 0.29) is 51.9 Å². The summed E-state index contributed by atoms with van der Waals surface area (Å²) in [4.78, 5) is 61.8. The van der Waals surface area contributed by atoms with Crippen molar-refractivity contribution < 1.29 is 42.9 Å². The Bertz CT molecular complexity index is 964. The lowest BCUT2D eigenvalue weighted by atomic mass is 10.0. The fraction of sp³-hybridized carbons (Fsp3) is 0.607. The summed E-state index contributed by atoms with van der Waals surface area (Å²) in [5, 5.41) is 5.10. The molecule has 4 N–H and O–H groups in total. The fourth-order valence-electron chi connectivity index (χ4n) is 3.47. The Morgan fingerprint density at radius 3 is 1.88 bits per heavy atom. The van der Waals surface area contributed by atoms with Gasteiger partial charge in [0.1, 0.15) is 30.3 Å². The minimum atomic E-state index is -1.01. The zero-order chi connectivity index (χ0) is 30.1. The lowest BCUT2D eigenvalue weighted by Gasteiger charge is -2.23. The summed E-state index contributed by atoms with van der Waals surface area (Å²) in [7, 11) is 0. The molecular weight excluding hydrogens is 522 g/mol. The molecular formula is C28H43N3O9. The number of nitrogens with one attached hydrogen (secondary N) is 2. The van der Waals surface area contributed by atoms with Crippen LogP contribution in [0, 0.1) is 0 Å². The third-order valence-corrected chi connectivity index (χ3v) is 5.36. The Kier molecular flexibility index (Phi) is 15.3. The molecule has 40 heavy (non-hydrogen) atoms. The molecule has 1 rings (SSSR count).